The number of hydrogen-bond donors (Lipinski definition) is 1. The second kappa shape index (κ2) is 8.83. The summed E-state index contributed by atoms with van der Waals surface area (Å²) in [6.07, 6.45) is -2.33. The average Bonchev–Trinajstić information content (AvgIpc) is 0.811. The number of quaternary nitrogens is 1. The molecule has 40 valence electrons. The van der Waals surface area contributed by atoms with Gasteiger partial charge >= 0.3 is 0 Å². The Morgan fingerprint density at radius 1 is 1.33 bits per heavy atom. The van der Waals surface area contributed by atoms with Crippen molar-refractivity contribution in [1.82, 2.24) is 6.15 Å². The molecule has 0 fully saturated rings. The molecule has 0 saturated heterocycles. The van der Waals surface area contributed by atoms with Crippen molar-refractivity contribution >= 4 is 6.16 Å². The molecule has 0 atom stereocenters. The van der Waals surface area contributed by atoms with Gasteiger partial charge in [-0.1, -0.05) is 0 Å². The van der Waals surface area contributed by atoms with E-state index in [1.807, 2.05) is 0 Å². The Balaban J connectivity index is -0.0000000450. The van der Waals surface area contributed by atoms with Crippen LogP contribution < -0.4 is 16.4 Å². The van der Waals surface area contributed by atoms with E-state index in [1.54, 1.807) is 0 Å². The fourth-order valence-electron chi connectivity index (χ4n) is 0. The number of carbonyl (C=O) groups excluding carboxylic acids is 1. The van der Waals surface area contributed by atoms with Crippen molar-refractivity contribution in [2.24, 2.45) is 0 Å². The van der Waals surface area contributed by atoms with Crippen LogP contribution in [0.2, 0.25) is 0 Å². The van der Waals surface area contributed by atoms with Gasteiger partial charge in [0.05, 0.1) is 0 Å². The summed E-state index contributed by atoms with van der Waals surface area (Å²) in [5.74, 6) is 0. The van der Waals surface area contributed by atoms with E-state index in [0.29, 0.717) is 0 Å². The van der Waals surface area contributed by atoms with Gasteiger partial charge in [-0.3, -0.25) is 0 Å². The van der Waals surface area contributed by atoms with Gasteiger partial charge in [0.15, 0.2) is 0 Å². The Hall–Kier alpha value is -0.251. The molecule has 0 amide bonds. The molecule has 6 heavy (non-hydrogen) atoms. The van der Waals surface area contributed by atoms with Crippen molar-refractivity contribution in [3.05, 3.63) is 0 Å². The Labute approximate surface area is 45.2 Å². The average molecular weight is 134 g/mol. The molecule has 0 aromatic rings. The third-order valence-corrected chi connectivity index (χ3v) is 0. The van der Waals surface area contributed by atoms with E-state index < -0.39 is 6.16 Å². The Bertz CT molecular complexity index is 33.8. The summed E-state index contributed by atoms with van der Waals surface area (Å²) in [5, 5.41) is 16.7. The molecule has 0 aromatic carbocycles. The van der Waals surface area contributed by atoms with Crippen molar-refractivity contribution < 1.29 is 32.1 Å². The zero-order chi connectivity index (χ0) is 3.58. The minimum absolute atomic E-state index is 0. The van der Waals surface area contributed by atoms with E-state index in [2.05, 4.69) is 0 Å². The molecular weight excluding hydrogens is 130 g/mol. The molecule has 0 aliphatic rings. The first-order chi connectivity index (χ1) is 1.73. The maximum absolute atomic E-state index is 8.33. The van der Waals surface area contributed by atoms with Crippen molar-refractivity contribution in [2.75, 3.05) is 0 Å². The number of hydrogen-bond acceptors (Lipinski definition) is 3. The molecule has 4 nitrogen and oxygen atoms in total. The third kappa shape index (κ3) is 452. The molecule has 0 unspecified atom stereocenters. The monoisotopic (exact) mass is 134 g/mol. The molecule has 0 rings (SSSR count). The molecule has 4 N–H and O–H groups in total. The summed E-state index contributed by atoms with van der Waals surface area (Å²) < 4.78 is 0. The van der Waals surface area contributed by atoms with E-state index in [1.165, 1.54) is 0 Å². The zero-order valence-corrected chi connectivity index (χ0v) is 4.18. The van der Waals surface area contributed by atoms with Gasteiger partial charge in [0.1, 0.15) is 0 Å². The molecule has 0 saturated carbocycles. The number of carboxylic acid groups (broad SMARTS) is 2. The minimum Gasteiger partial charge on any atom is -0.652 e. The molecule has 0 aliphatic carbocycles. The predicted octanol–water partition coefficient (Wildman–Crippen LogP) is -2.07. The molecule has 0 bridgehead atoms. The predicted molar refractivity (Wildman–Crippen MR) is 11.4 cm³/mol. The summed E-state index contributed by atoms with van der Waals surface area (Å²) >= 11 is 0. The number of rotatable bonds is 0. The molecule has 0 aromatic heterocycles. The Morgan fingerprint density at radius 2 is 1.33 bits per heavy atom. The summed E-state index contributed by atoms with van der Waals surface area (Å²) in [6, 6.07) is 0. The quantitative estimate of drug-likeness (QED) is 0.385. The van der Waals surface area contributed by atoms with Crippen LogP contribution in [-0.4, -0.2) is 6.16 Å². The van der Waals surface area contributed by atoms with Gasteiger partial charge in [-0.15, -0.1) is 0 Å². The summed E-state index contributed by atoms with van der Waals surface area (Å²) in [6.45, 7) is 0. The van der Waals surface area contributed by atoms with Crippen molar-refractivity contribution in [1.29, 1.82) is 0 Å². The Kier molecular flexibility index (Phi) is 25.3. The van der Waals surface area contributed by atoms with Crippen LogP contribution in [0.5, 0.6) is 0 Å². The molecule has 5 heteroatoms. The van der Waals surface area contributed by atoms with Crippen LogP contribution in [-0.2, 0) is 17.1 Å². The molecular formula is CH4FeNO3-. The van der Waals surface area contributed by atoms with Gasteiger partial charge in [-0.05, 0) is 6.16 Å². The third-order valence-electron chi connectivity index (χ3n) is 0. The van der Waals surface area contributed by atoms with Crippen LogP contribution in [0.25, 0.3) is 0 Å². The van der Waals surface area contributed by atoms with Crippen molar-refractivity contribution in [2.45, 2.75) is 0 Å². The van der Waals surface area contributed by atoms with E-state index in [4.69, 9.17) is 15.0 Å². The molecule has 0 spiro atoms. The van der Waals surface area contributed by atoms with Gasteiger partial charge < -0.3 is 21.2 Å². The van der Waals surface area contributed by atoms with Crippen LogP contribution in [0.1, 0.15) is 0 Å². The van der Waals surface area contributed by atoms with Crippen LogP contribution in [0.15, 0.2) is 0 Å². The normalized spacial score (nSPS) is 4.00. The molecule has 0 aliphatic heterocycles. The van der Waals surface area contributed by atoms with Crippen molar-refractivity contribution in [3.63, 3.8) is 0 Å². The van der Waals surface area contributed by atoms with Crippen LogP contribution in [0, 0.1) is 0 Å². The second-order valence-corrected chi connectivity index (χ2v) is 0.250. The zero-order valence-electron chi connectivity index (χ0n) is 3.08. The first-order valence-corrected chi connectivity index (χ1v) is 0.612. The van der Waals surface area contributed by atoms with E-state index in [-0.39, 0.29) is 23.2 Å². The Morgan fingerprint density at radius 3 is 1.33 bits per heavy atom. The summed E-state index contributed by atoms with van der Waals surface area (Å²) in [4.78, 5) is 8.33. The topological polar surface area (TPSA) is 99.7 Å². The number of carbonyl (C=O) groups is 1. The second-order valence-electron chi connectivity index (χ2n) is 0.250. The smallest absolute Gasteiger partial charge is 0 e. The maximum atomic E-state index is 8.33. The van der Waals surface area contributed by atoms with E-state index in [0.717, 1.165) is 0 Å². The maximum Gasteiger partial charge on any atom is 0 e. The SMILES string of the molecule is O=C([O-])[O-].[Fe].[NH4+]. The van der Waals surface area contributed by atoms with Gasteiger partial charge in [0.25, 0.3) is 0 Å². The summed E-state index contributed by atoms with van der Waals surface area (Å²) in [5.41, 5.74) is 0. The van der Waals surface area contributed by atoms with Gasteiger partial charge in [-0.2, -0.15) is 0 Å². The van der Waals surface area contributed by atoms with Crippen LogP contribution >= 0.6 is 0 Å². The minimum atomic E-state index is -2.33. The molecule has 0 heterocycles. The fourth-order valence-corrected chi connectivity index (χ4v) is 0. The van der Waals surface area contributed by atoms with E-state index >= 15 is 0 Å². The van der Waals surface area contributed by atoms with Gasteiger partial charge in [-0.25, -0.2) is 0 Å². The fraction of sp³-hybridized carbons (Fsp3) is 0. The van der Waals surface area contributed by atoms with Gasteiger partial charge in [0.2, 0.25) is 0 Å². The largest absolute Gasteiger partial charge is 0.652 e. The van der Waals surface area contributed by atoms with E-state index in [9.17, 15) is 0 Å². The van der Waals surface area contributed by atoms with Crippen LogP contribution in [0.3, 0.4) is 0 Å². The first kappa shape index (κ1) is 17.2. The standard InChI is InChI=1S/CH2O3.Fe.H3N/c2-1(3)4;;/h(H2,2,3,4);;1H3/p-1. The summed E-state index contributed by atoms with van der Waals surface area (Å²) in [7, 11) is 0. The van der Waals surface area contributed by atoms with Crippen LogP contribution in [0.4, 0.5) is 4.79 Å². The van der Waals surface area contributed by atoms with Crippen molar-refractivity contribution in [3.8, 4) is 0 Å². The molecule has 0 radical (unpaired) electrons. The van der Waals surface area contributed by atoms with Gasteiger partial charge in [0, 0.05) is 17.1 Å². The first-order valence-electron chi connectivity index (χ1n) is 0.612.